The van der Waals surface area contributed by atoms with Gasteiger partial charge in [0, 0.05) is 0 Å². The third kappa shape index (κ3) is 7.47. The molecule has 0 aliphatic heterocycles. The van der Waals surface area contributed by atoms with Crippen LogP contribution in [0.4, 0.5) is 0 Å². The monoisotopic (exact) mass is 602 g/mol. The number of hydrogen-bond donors (Lipinski definition) is 0. The first-order valence-electron chi connectivity index (χ1n) is 12.2. The van der Waals surface area contributed by atoms with Crippen LogP contribution in [0.5, 0.6) is 0 Å². The Morgan fingerprint density at radius 3 is 1.19 bits per heavy atom. The Labute approximate surface area is 259 Å². The van der Waals surface area contributed by atoms with E-state index in [1.165, 1.54) is 66.1 Å². The molecule has 4 rings (SSSR count). The van der Waals surface area contributed by atoms with Crippen molar-refractivity contribution >= 4 is 28.8 Å². The van der Waals surface area contributed by atoms with Crippen molar-refractivity contribution in [2.45, 2.75) is 61.3 Å². The predicted octanol–water partition coefficient (Wildman–Crippen LogP) is -3.40. The molecule has 0 amide bonds. The molecular formula is C32H37Cl3SiTi. The molecule has 37 heavy (non-hydrogen) atoms. The number of benzene rings is 3. The standard InChI is InChI=1S/C32H37Si.3ClH.Ti/c1-8-9-28-10-11-29(21-28)33(30-15-22(2)12-23(3)16-30,31-17-24(4)13-25(5)18-31)32-19-26(6)14-27(7)20-32;;;;/h10-21H,8-9H2,1-7H3;3*1H;/q-1;;;;+4/p-3. The minimum absolute atomic E-state index is 0. The van der Waals surface area contributed by atoms with Crippen LogP contribution in [0.15, 0.2) is 72.8 Å². The zero-order chi connectivity index (χ0) is 23.8. The second kappa shape index (κ2) is 14.8. The summed E-state index contributed by atoms with van der Waals surface area (Å²) in [6, 6.07) is 29.0. The van der Waals surface area contributed by atoms with Gasteiger partial charge < -0.3 is 37.2 Å². The van der Waals surface area contributed by atoms with Gasteiger partial charge in [-0.2, -0.15) is 17.7 Å². The van der Waals surface area contributed by atoms with Crippen LogP contribution in [0.1, 0.15) is 52.3 Å². The topological polar surface area (TPSA) is 0 Å². The van der Waals surface area contributed by atoms with Crippen LogP contribution in [-0.2, 0) is 28.1 Å². The Morgan fingerprint density at radius 1 is 0.568 bits per heavy atom. The fraction of sp³-hybridized carbons (Fsp3) is 0.281. The minimum atomic E-state index is -2.50. The van der Waals surface area contributed by atoms with Gasteiger partial charge >= 0.3 is 21.7 Å². The predicted molar refractivity (Wildman–Crippen MR) is 148 cm³/mol. The number of rotatable bonds is 6. The molecule has 0 heterocycles. The second-order valence-electron chi connectivity index (χ2n) is 10.1. The molecule has 194 valence electrons. The van der Waals surface area contributed by atoms with E-state index in [1.54, 1.807) is 0 Å². The smallest absolute Gasteiger partial charge is 1.00 e. The fourth-order valence-corrected chi connectivity index (χ4v) is 11.1. The molecule has 0 aliphatic rings. The van der Waals surface area contributed by atoms with E-state index in [1.807, 2.05) is 0 Å². The third-order valence-corrected chi connectivity index (χ3v) is 11.4. The molecule has 0 unspecified atom stereocenters. The molecule has 0 saturated carbocycles. The van der Waals surface area contributed by atoms with Gasteiger partial charge in [-0.15, -0.1) is 5.19 Å². The Morgan fingerprint density at radius 2 is 0.892 bits per heavy atom. The van der Waals surface area contributed by atoms with Gasteiger partial charge in [0.1, 0.15) is 8.07 Å². The zero-order valence-electron chi connectivity index (χ0n) is 23.0. The largest absolute Gasteiger partial charge is 4.00 e. The minimum Gasteiger partial charge on any atom is -1.00 e. The van der Waals surface area contributed by atoms with Crippen molar-refractivity contribution in [2.75, 3.05) is 0 Å². The molecule has 0 N–H and O–H groups in total. The average Bonchev–Trinajstić information content (AvgIpc) is 3.15. The molecule has 0 atom stereocenters. The summed E-state index contributed by atoms with van der Waals surface area (Å²) in [5.74, 6) is 0. The van der Waals surface area contributed by atoms with Gasteiger partial charge in [-0.3, -0.25) is 0 Å². The van der Waals surface area contributed by atoms with Crippen LogP contribution in [0.25, 0.3) is 0 Å². The van der Waals surface area contributed by atoms with Gasteiger partial charge in [-0.05, 0) is 41.5 Å². The van der Waals surface area contributed by atoms with Gasteiger partial charge in [0.2, 0.25) is 0 Å². The number of halogens is 3. The molecule has 0 aliphatic carbocycles. The molecule has 0 fully saturated rings. The first-order chi connectivity index (χ1) is 15.7. The van der Waals surface area contributed by atoms with Crippen LogP contribution in [-0.4, -0.2) is 8.07 Å². The third-order valence-electron chi connectivity index (χ3n) is 6.75. The van der Waals surface area contributed by atoms with E-state index in [0.29, 0.717) is 0 Å². The summed E-state index contributed by atoms with van der Waals surface area (Å²) in [6.07, 6.45) is 2.31. The molecule has 0 saturated heterocycles. The van der Waals surface area contributed by atoms with E-state index in [2.05, 4.69) is 121 Å². The van der Waals surface area contributed by atoms with Crippen LogP contribution < -0.4 is 58.0 Å². The van der Waals surface area contributed by atoms with Crippen LogP contribution in [0.3, 0.4) is 0 Å². The summed E-state index contributed by atoms with van der Waals surface area (Å²) in [6.45, 7) is 15.7. The number of aryl methyl sites for hydroxylation is 7. The summed E-state index contributed by atoms with van der Waals surface area (Å²) < 4.78 is 0. The summed E-state index contributed by atoms with van der Waals surface area (Å²) in [7, 11) is -2.50. The van der Waals surface area contributed by atoms with Crippen molar-refractivity contribution in [1.29, 1.82) is 0 Å². The molecule has 0 aromatic heterocycles. The maximum Gasteiger partial charge on any atom is 4.00 e. The molecule has 0 radical (unpaired) electrons. The zero-order valence-corrected chi connectivity index (χ0v) is 27.8. The first kappa shape index (κ1) is 35.8. The molecule has 4 aromatic carbocycles. The maximum atomic E-state index is 2.52. The van der Waals surface area contributed by atoms with E-state index in [-0.39, 0.29) is 58.9 Å². The van der Waals surface area contributed by atoms with Crippen molar-refractivity contribution in [3.63, 3.8) is 0 Å². The van der Waals surface area contributed by atoms with Crippen molar-refractivity contribution in [2.24, 2.45) is 0 Å². The van der Waals surface area contributed by atoms with Crippen molar-refractivity contribution in [1.82, 2.24) is 0 Å². The molecule has 5 heteroatoms. The van der Waals surface area contributed by atoms with Gasteiger partial charge in [0.15, 0.2) is 0 Å². The average molecular weight is 604 g/mol. The van der Waals surface area contributed by atoms with E-state index in [9.17, 15) is 0 Å². The van der Waals surface area contributed by atoms with Crippen LogP contribution >= 0.6 is 0 Å². The normalized spacial score (nSPS) is 10.5. The van der Waals surface area contributed by atoms with E-state index in [0.717, 1.165) is 6.42 Å². The Hall–Kier alpha value is -1.19. The molecule has 0 nitrogen and oxygen atoms in total. The summed E-state index contributed by atoms with van der Waals surface area (Å²) >= 11 is 0. The Balaban J connectivity index is 0.00000324. The summed E-state index contributed by atoms with van der Waals surface area (Å²) in [5, 5.41) is 5.97. The quantitative estimate of drug-likeness (QED) is 0.123. The first-order valence-corrected chi connectivity index (χ1v) is 14.2. The molecule has 0 spiro atoms. The molecule has 0 bridgehead atoms. The number of hydrogen-bond acceptors (Lipinski definition) is 0. The van der Waals surface area contributed by atoms with Gasteiger partial charge in [0.05, 0.1) is 0 Å². The summed E-state index contributed by atoms with van der Waals surface area (Å²) in [5.41, 5.74) is 9.52. The fourth-order valence-electron chi connectivity index (χ4n) is 5.74. The van der Waals surface area contributed by atoms with E-state index < -0.39 is 8.07 Å². The van der Waals surface area contributed by atoms with Crippen molar-refractivity contribution < 1.29 is 58.9 Å². The van der Waals surface area contributed by atoms with Crippen LogP contribution in [0.2, 0.25) is 0 Å². The maximum absolute atomic E-state index is 2.52. The van der Waals surface area contributed by atoms with E-state index in [4.69, 9.17) is 0 Å². The van der Waals surface area contributed by atoms with Gasteiger partial charge in [-0.25, -0.2) is 6.07 Å². The van der Waals surface area contributed by atoms with Crippen molar-refractivity contribution in [3.05, 3.63) is 112 Å². The molecule has 4 aromatic rings. The second-order valence-corrected chi connectivity index (χ2v) is 13.9. The van der Waals surface area contributed by atoms with Gasteiger partial charge in [-0.1, -0.05) is 123 Å². The van der Waals surface area contributed by atoms with Crippen molar-refractivity contribution in [3.8, 4) is 0 Å². The Kier molecular flexibility index (Phi) is 14.3. The molecular weight excluding hydrogens is 567 g/mol. The van der Waals surface area contributed by atoms with E-state index >= 15 is 0 Å². The SMILES string of the molecule is CCCc1cc[c-]([Si](c2cc(C)cc(C)c2)(c2cc(C)cc(C)c2)c2cc(C)cc(C)c2)c1.[Cl-].[Cl-].[Cl-].[Ti+4]. The summed E-state index contributed by atoms with van der Waals surface area (Å²) in [4.78, 5) is 0. The van der Waals surface area contributed by atoms with Crippen LogP contribution in [0, 0.1) is 41.5 Å². The Bertz CT molecular complexity index is 1120. The van der Waals surface area contributed by atoms with Gasteiger partial charge in [0.25, 0.3) is 0 Å².